The van der Waals surface area contributed by atoms with Crippen LogP contribution >= 0.6 is 0 Å². The van der Waals surface area contributed by atoms with Crippen molar-refractivity contribution in [1.29, 1.82) is 0 Å². The molecule has 0 saturated heterocycles. The van der Waals surface area contributed by atoms with Crippen molar-refractivity contribution in [1.82, 2.24) is 4.98 Å². The number of para-hydroxylation sites is 1. The number of benzene rings is 2. The van der Waals surface area contributed by atoms with Gasteiger partial charge >= 0.3 is 0 Å². The molecule has 0 atom stereocenters. The van der Waals surface area contributed by atoms with Gasteiger partial charge in [-0.2, -0.15) is 0 Å². The first-order valence-electron chi connectivity index (χ1n) is 8.50. The molecule has 0 amide bonds. The van der Waals surface area contributed by atoms with Crippen molar-refractivity contribution in [2.45, 2.75) is 6.54 Å². The maximum absolute atomic E-state index is 5.59. The molecule has 1 aromatic heterocycles. The number of aromatic nitrogens is 1. The number of fused-ring (bicyclic) bond motifs is 2. The zero-order valence-corrected chi connectivity index (χ0v) is 14.8. The molecular weight excluding hydrogens is 324 g/mol. The average molecular weight is 344 g/mol. The minimum atomic E-state index is 0.649. The molecule has 0 unspecified atom stereocenters. The van der Waals surface area contributed by atoms with Gasteiger partial charge in [0, 0.05) is 29.1 Å². The standard InChI is InChI=1S/C22H20N2O2/c1-25-19-12-11-18(21(14-19)26-2)15-24-20-8-4-3-6-16(20)9-10-17-7-5-13-23-22(17)24/h3-14H,15H2,1-2H3. The summed E-state index contributed by atoms with van der Waals surface area (Å²) in [6.45, 7) is 0.649. The molecule has 3 aromatic rings. The van der Waals surface area contributed by atoms with Gasteiger partial charge in [-0.25, -0.2) is 4.98 Å². The Kier molecular flexibility index (Phi) is 4.32. The van der Waals surface area contributed by atoms with Gasteiger partial charge in [-0.05, 0) is 35.9 Å². The molecule has 0 fully saturated rings. The second kappa shape index (κ2) is 6.92. The van der Waals surface area contributed by atoms with Crippen LogP contribution in [0.2, 0.25) is 0 Å². The largest absolute Gasteiger partial charge is 0.497 e. The zero-order valence-electron chi connectivity index (χ0n) is 14.8. The van der Waals surface area contributed by atoms with Crippen molar-refractivity contribution in [3.63, 3.8) is 0 Å². The lowest BCUT2D eigenvalue weighted by atomic mass is 10.1. The van der Waals surface area contributed by atoms with Gasteiger partial charge in [0.05, 0.1) is 20.8 Å². The van der Waals surface area contributed by atoms with Crippen molar-refractivity contribution in [2.75, 3.05) is 19.1 Å². The van der Waals surface area contributed by atoms with Gasteiger partial charge in [-0.1, -0.05) is 30.4 Å². The predicted molar refractivity (Wildman–Crippen MR) is 105 cm³/mol. The molecular formula is C22H20N2O2. The number of methoxy groups -OCH3 is 2. The first-order chi connectivity index (χ1) is 12.8. The lowest BCUT2D eigenvalue weighted by Gasteiger charge is -2.26. The van der Waals surface area contributed by atoms with Crippen LogP contribution in [0.15, 0.2) is 60.8 Å². The molecule has 0 spiro atoms. The van der Waals surface area contributed by atoms with Crippen molar-refractivity contribution >= 4 is 23.7 Å². The lowest BCUT2D eigenvalue weighted by Crippen LogP contribution is -2.19. The second-order valence-corrected chi connectivity index (χ2v) is 6.07. The summed E-state index contributed by atoms with van der Waals surface area (Å²) in [7, 11) is 3.34. The predicted octanol–water partition coefficient (Wildman–Crippen LogP) is 4.92. The number of hydrogen-bond acceptors (Lipinski definition) is 4. The molecule has 1 aliphatic heterocycles. The van der Waals surface area contributed by atoms with E-state index in [-0.39, 0.29) is 0 Å². The van der Waals surface area contributed by atoms with E-state index in [4.69, 9.17) is 9.47 Å². The Hall–Kier alpha value is -3.27. The molecule has 2 heterocycles. The Labute approximate surface area is 153 Å². The molecule has 130 valence electrons. The second-order valence-electron chi connectivity index (χ2n) is 6.07. The molecule has 0 radical (unpaired) electrons. The molecule has 1 aliphatic rings. The highest BCUT2D eigenvalue weighted by Crippen LogP contribution is 2.37. The Morgan fingerprint density at radius 2 is 1.69 bits per heavy atom. The Morgan fingerprint density at radius 1 is 0.885 bits per heavy atom. The maximum Gasteiger partial charge on any atom is 0.140 e. The normalized spacial score (nSPS) is 12.2. The van der Waals surface area contributed by atoms with Crippen molar-refractivity contribution in [3.05, 3.63) is 77.5 Å². The van der Waals surface area contributed by atoms with Crippen molar-refractivity contribution < 1.29 is 9.47 Å². The Bertz CT molecular complexity index is 916. The number of pyridine rings is 1. The molecule has 0 saturated carbocycles. The summed E-state index contributed by atoms with van der Waals surface area (Å²) in [5.41, 5.74) is 4.45. The van der Waals surface area contributed by atoms with Crippen LogP contribution in [0.1, 0.15) is 16.7 Å². The van der Waals surface area contributed by atoms with Gasteiger partial charge in [0.2, 0.25) is 0 Å². The van der Waals surface area contributed by atoms with E-state index in [1.807, 2.05) is 30.5 Å². The number of nitrogens with zero attached hydrogens (tertiary/aromatic N) is 2. The van der Waals surface area contributed by atoms with Gasteiger partial charge in [0.15, 0.2) is 0 Å². The number of hydrogen-bond donors (Lipinski definition) is 0. The number of ether oxygens (including phenoxy) is 2. The van der Waals surface area contributed by atoms with Crippen LogP contribution in [-0.4, -0.2) is 19.2 Å². The van der Waals surface area contributed by atoms with E-state index >= 15 is 0 Å². The molecule has 0 N–H and O–H groups in total. The summed E-state index contributed by atoms with van der Waals surface area (Å²) in [5.74, 6) is 2.52. The van der Waals surface area contributed by atoms with E-state index in [1.54, 1.807) is 14.2 Å². The first kappa shape index (κ1) is 16.2. The fourth-order valence-corrected chi connectivity index (χ4v) is 3.25. The summed E-state index contributed by atoms with van der Waals surface area (Å²) >= 11 is 0. The summed E-state index contributed by atoms with van der Waals surface area (Å²) in [6.07, 6.45) is 6.09. The smallest absolute Gasteiger partial charge is 0.140 e. The van der Waals surface area contributed by atoms with Gasteiger partial charge in [0.1, 0.15) is 17.3 Å². The highest BCUT2D eigenvalue weighted by atomic mass is 16.5. The van der Waals surface area contributed by atoms with Crippen LogP contribution in [-0.2, 0) is 6.54 Å². The van der Waals surface area contributed by atoms with E-state index in [2.05, 4.69) is 52.4 Å². The molecule has 0 aliphatic carbocycles. The molecule has 4 heteroatoms. The van der Waals surface area contributed by atoms with Crippen LogP contribution in [0.25, 0.3) is 12.2 Å². The van der Waals surface area contributed by atoms with E-state index in [1.165, 1.54) is 0 Å². The van der Waals surface area contributed by atoms with E-state index in [0.717, 1.165) is 39.7 Å². The van der Waals surface area contributed by atoms with Gasteiger partial charge in [-0.3, -0.25) is 0 Å². The van der Waals surface area contributed by atoms with Crippen molar-refractivity contribution in [2.24, 2.45) is 0 Å². The maximum atomic E-state index is 5.59. The van der Waals surface area contributed by atoms with Crippen LogP contribution < -0.4 is 14.4 Å². The number of anilines is 2. The summed E-state index contributed by atoms with van der Waals surface area (Å²) in [4.78, 5) is 6.89. The van der Waals surface area contributed by atoms with Gasteiger partial charge in [0.25, 0.3) is 0 Å². The SMILES string of the molecule is COc1ccc(CN2c3ccccc3C=Cc3cccnc32)c(OC)c1. The summed E-state index contributed by atoms with van der Waals surface area (Å²) in [6, 6.07) is 18.3. The lowest BCUT2D eigenvalue weighted by molar-refractivity contribution is 0.391. The van der Waals surface area contributed by atoms with E-state index in [9.17, 15) is 0 Å². The minimum absolute atomic E-state index is 0.649. The van der Waals surface area contributed by atoms with Crippen LogP contribution in [0.5, 0.6) is 11.5 Å². The zero-order chi connectivity index (χ0) is 17.9. The monoisotopic (exact) mass is 344 g/mol. The molecule has 2 aromatic carbocycles. The summed E-state index contributed by atoms with van der Waals surface area (Å²) < 4.78 is 10.9. The Morgan fingerprint density at radius 3 is 2.54 bits per heavy atom. The van der Waals surface area contributed by atoms with Crippen LogP contribution in [0, 0.1) is 0 Å². The average Bonchev–Trinajstić information content (AvgIpc) is 2.86. The van der Waals surface area contributed by atoms with Crippen LogP contribution in [0.4, 0.5) is 11.5 Å². The highest BCUT2D eigenvalue weighted by Gasteiger charge is 2.20. The van der Waals surface area contributed by atoms with E-state index in [0.29, 0.717) is 6.54 Å². The third-order valence-corrected chi connectivity index (χ3v) is 4.57. The van der Waals surface area contributed by atoms with Gasteiger partial charge < -0.3 is 14.4 Å². The fourth-order valence-electron chi connectivity index (χ4n) is 3.25. The number of rotatable bonds is 4. The molecule has 0 bridgehead atoms. The quantitative estimate of drug-likeness (QED) is 0.673. The Balaban J connectivity index is 1.82. The molecule has 4 nitrogen and oxygen atoms in total. The first-order valence-corrected chi connectivity index (χ1v) is 8.50. The topological polar surface area (TPSA) is 34.6 Å². The fraction of sp³-hybridized carbons (Fsp3) is 0.136. The van der Waals surface area contributed by atoms with Crippen molar-refractivity contribution in [3.8, 4) is 11.5 Å². The summed E-state index contributed by atoms with van der Waals surface area (Å²) in [5, 5.41) is 0. The third-order valence-electron chi connectivity index (χ3n) is 4.57. The molecule has 4 rings (SSSR count). The minimum Gasteiger partial charge on any atom is -0.497 e. The van der Waals surface area contributed by atoms with Crippen LogP contribution in [0.3, 0.4) is 0 Å². The highest BCUT2D eigenvalue weighted by molar-refractivity contribution is 5.87. The molecule has 26 heavy (non-hydrogen) atoms. The van der Waals surface area contributed by atoms with Gasteiger partial charge in [-0.15, -0.1) is 0 Å². The van der Waals surface area contributed by atoms with E-state index < -0.39 is 0 Å². The third kappa shape index (κ3) is 2.90.